The van der Waals surface area contributed by atoms with E-state index < -0.39 is 10.0 Å². The lowest BCUT2D eigenvalue weighted by Gasteiger charge is -2.09. The van der Waals surface area contributed by atoms with Gasteiger partial charge in [0.1, 0.15) is 23.9 Å². The molecule has 2 aromatic heterocycles. The van der Waals surface area contributed by atoms with Crippen molar-refractivity contribution in [1.82, 2.24) is 19.7 Å². The Balaban J connectivity index is 2.05. The molecule has 0 atom stereocenters. The van der Waals surface area contributed by atoms with Gasteiger partial charge in [-0.1, -0.05) is 6.07 Å². The summed E-state index contributed by atoms with van der Waals surface area (Å²) in [4.78, 5) is 11.2. The predicted molar refractivity (Wildman–Crippen MR) is 84.6 cm³/mol. The summed E-state index contributed by atoms with van der Waals surface area (Å²) in [6.45, 7) is 0. The van der Waals surface area contributed by atoms with Gasteiger partial charge in [-0.05, 0) is 25.2 Å². The predicted octanol–water partition coefficient (Wildman–Crippen LogP) is 1.48. The van der Waals surface area contributed by atoms with Gasteiger partial charge in [-0.2, -0.15) is 5.26 Å². The van der Waals surface area contributed by atoms with E-state index in [0.717, 1.165) is 0 Å². The molecule has 0 aliphatic carbocycles. The number of nitriles is 1. The van der Waals surface area contributed by atoms with Gasteiger partial charge in [0.15, 0.2) is 0 Å². The van der Waals surface area contributed by atoms with Crippen molar-refractivity contribution in [2.24, 2.45) is 0 Å². The van der Waals surface area contributed by atoms with Gasteiger partial charge in [0, 0.05) is 11.9 Å². The smallest absolute Gasteiger partial charge is 0.240 e. The Labute approximate surface area is 132 Å². The van der Waals surface area contributed by atoms with Crippen LogP contribution in [0.4, 0.5) is 11.5 Å². The molecule has 2 heterocycles. The highest BCUT2D eigenvalue weighted by molar-refractivity contribution is 7.89. The molecule has 0 bridgehead atoms. The van der Waals surface area contributed by atoms with Crippen molar-refractivity contribution in [3.63, 3.8) is 0 Å². The van der Waals surface area contributed by atoms with Crippen LogP contribution in [0.2, 0.25) is 0 Å². The second kappa shape index (κ2) is 5.68. The van der Waals surface area contributed by atoms with E-state index in [1.807, 2.05) is 0 Å². The zero-order chi connectivity index (χ0) is 16.4. The third kappa shape index (κ3) is 2.73. The topological polar surface area (TPSA) is 124 Å². The van der Waals surface area contributed by atoms with Crippen molar-refractivity contribution in [2.75, 3.05) is 12.4 Å². The van der Waals surface area contributed by atoms with Gasteiger partial charge in [0.2, 0.25) is 10.0 Å². The van der Waals surface area contributed by atoms with Crippen molar-refractivity contribution < 1.29 is 8.42 Å². The lowest BCUT2D eigenvalue weighted by atomic mass is 10.2. The molecule has 0 radical (unpaired) electrons. The summed E-state index contributed by atoms with van der Waals surface area (Å²) in [5.41, 5.74) is 1.46. The Morgan fingerprint density at radius 1 is 1.30 bits per heavy atom. The Bertz CT molecular complexity index is 1020. The quantitative estimate of drug-likeness (QED) is 0.666. The van der Waals surface area contributed by atoms with E-state index in [4.69, 9.17) is 5.26 Å². The Morgan fingerprint density at radius 3 is 2.87 bits per heavy atom. The molecule has 3 N–H and O–H groups in total. The fraction of sp³-hybridized carbons (Fsp3) is 0.0714. The van der Waals surface area contributed by atoms with E-state index in [9.17, 15) is 8.42 Å². The lowest BCUT2D eigenvalue weighted by molar-refractivity contribution is 0.588. The number of hydrogen-bond donors (Lipinski definition) is 3. The van der Waals surface area contributed by atoms with Crippen LogP contribution in [-0.4, -0.2) is 30.4 Å². The monoisotopic (exact) mass is 328 g/mol. The van der Waals surface area contributed by atoms with Crippen molar-refractivity contribution in [1.29, 1.82) is 5.26 Å². The molecule has 0 saturated carbocycles. The maximum atomic E-state index is 11.9. The zero-order valence-corrected chi connectivity index (χ0v) is 12.8. The van der Waals surface area contributed by atoms with Crippen LogP contribution in [0.1, 0.15) is 5.56 Å². The third-order valence-electron chi connectivity index (χ3n) is 3.27. The number of fused-ring (bicyclic) bond motifs is 1. The highest BCUT2D eigenvalue weighted by Crippen LogP contribution is 2.26. The van der Waals surface area contributed by atoms with E-state index in [1.165, 1.54) is 25.5 Å². The summed E-state index contributed by atoms with van der Waals surface area (Å²) in [5, 5.41) is 12.7. The molecule has 1 aromatic carbocycles. The van der Waals surface area contributed by atoms with Gasteiger partial charge in [-0.15, -0.1) is 0 Å². The van der Waals surface area contributed by atoms with Gasteiger partial charge in [-0.25, -0.2) is 23.1 Å². The number of rotatable bonds is 4. The van der Waals surface area contributed by atoms with Crippen LogP contribution in [0.25, 0.3) is 11.0 Å². The van der Waals surface area contributed by atoms with Crippen molar-refractivity contribution in [2.45, 2.75) is 4.90 Å². The Kier molecular flexibility index (Phi) is 3.69. The molecule has 116 valence electrons. The molecule has 0 unspecified atom stereocenters. The maximum Gasteiger partial charge on any atom is 0.240 e. The molecule has 23 heavy (non-hydrogen) atoms. The summed E-state index contributed by atoms with van der Waals surface area (Å²) in [5.74, 6) is 0.423. The van der Waals surface area contributed by atoms with Crippen molar-refractivity contribution in [3.8, 4) is 6.07 Å². The normalized spacial score (nSPS) is 11.3. The minimum absolute atomic E-state index is 0.130. The molecule has 3 rings (SSSR count). The van der Waals surface area contributed by atoms with Gasteiger partial charge in [-0.3, -0.25) is 0 Å². The van der Waals surface area contributed by atoms with Crippen LogP contribution in [0, 0.1) is 11.3 Å². The number of nitrogens with one attached hydrogen (secondary N) is 3. The van der Waals surface area contributed by atoms with Gasteiger partial charge in [0.25, 0.3) is 0 Å². The van der Waals surface area contributed by atoms with Crippen LogP contribution < -0.4 is 10.0 Å². The number of anilines is 2. The van der Waals surface area contributed by atoms with E-state index >= 15 is 0 Å². The average molecular weight is 328 g/mol. The summed E-state index contributed by atoms with van der Waals surface area (Å²) in [7, 11) is -2.19. The van der Waals surface area contributed by atoms with Gasteiger partial charge < -0.3 is 10.3 Å². The minimum Gasteiger partial charge on any atom is -0.345 e. The first-order valence-corrected chi connectivity index (χ1v) is 8.06. The van der Waals surface area contributed by atoms with E-state index in [-0.39, 0.29) is 4.90 Å². The number of sulfonamides is 1. The van der Waals surface area contributed by atoms with Crippen LogP contribution in [0.15, 0.2) is 41.7 Å². The maximum absolute atomic E-state index is 11.9. The first kappa shape index (κ1) is 15.0. The van der Waals surface area contributed by atoms with Crippen LogP contribution in [-0.2, 0) is 10.0 Å². The Morgan fingerprint density at radius 2 is 2.13 bits per heavy atom. The second-order valence-corrected chi connectivity index (χ2v) is 6.51. The number of benzene rings is 1. The molecule has 0 fully saturated rings. The summed E-state index contributed by atoms with van der Waals surface area (Å²) in [6, 6.07) is 8.37. The molecule has 0 saturated heterocycles. The standard InChI is InChI=1S/C14H12N6O2S/c1-16-23(21,22)11-4-2-3-10(5-11)20-14-12-9(6-15)7-17-13(12)18-8-19-14/h2-5,7-8,16H,1H3,(H2,17,18,19,20). The van der Waals surface area contributed by atoms with Gasteiger partial charge in [0.05, 0.1) is 15.8 Å². The number of nitrogens with zero attached hydrogens (tertiary/aromatic N) is 3. The number of hydrogen-bond acceptors (Lipinski definition) is 6. The SMILES string of the molecule is CNS(=O)(=O)c1cccc(Nc2ncnc3[nH]cc(C#N)c23)c1. The van der Waals surface area contributed by atoms with Crippen LogP contribution in [0.5, 0.6) is 0 Å². The summed E-state index contributed by atoms with van der Waals surface area (Å²) >= 11 is 0. The molecule has 0 aliphatic rings. The molecule has 0 spiro atoms. The zero-order valence-electron chi connectivity index (χ0n) is 12.0. The molecule has 9 heteroatoms. The lowest BCUT2D eigenvalue weighted by Crippen LogP contribution is -2.18. The van der Waals surface area contributed by atoms with E-state index in [0.29, 0.717) is 28.1 Å². The molecule has 3 aromatic rings. The molecule has 8 nitrogen and oxygen atoms in total. The van der Waals surface area contributed by atoms with E-state index in [1.54, 1.807) is 18.3 Å². The van der Waals surface area contributed by atoms with E-state index in [2.05, 4.69) is 31.1 Å². The van der Waals surface area contributed by atoms with Crippen LogP contribution in [0.3, 0.4) is 0 Å². The minimum atomic E-state index is -3.54. The highest BCUT2D eigenvalue weighted by atomic mass is 32.2. The summed E-state index contributed by atoms with van der Waals surface area (Å²) < 4.78 is 26.0. The van der Waals surface area contributed by atoms with Crippen LogP contribution >= 0.6 is 0 Å². The number of aromatic nitrogens is 3. The first-order chi connectivity index (χ1) is 11.0. The van der Waals surface area contributed by atoms with Crippen molar-refractivity contribution in [3.05, 3.63) is 42.4 Å². The van der Waals surface area contributed by atoms with Gasteiger partial charge >= 0.3 is 0 Å². The molecular weight excluding hydrogens is 316 g/mol. The average Bonchev–Trinajstić information content (AvgIpc) is 2.99. The fourth-order valence-electron chi connectivity index (χ4n) is 2.14. The third-order valence-corrected chi connectivity index (χ3v) is 4.68. The molecular formula is C14H12N6O2S. The largest absolute Gasteiger partial charge is 0.345 e. The number of H-pyrrole nitrogens is 1. The Hall–Kier alpha value is -2.96. The highest BCUT2D eigenvalue weighted by Gasteiger charge is 2.14. The summed E-state index contributed by atoms with van der Waals surface area (Å²) in [6.07, 6.45) is 2.91. The fourth-order valence-corrected chi connectivity index (χ4v) is 2.92. The molecule has 0 aliphatic heterocycles. The number of aromatic amines is 1. The molecule has 0 amide bonds. The van der Waals surface area contributed by atoms with Crippen molar-refractivity contribution >= 4 is 32.6 Å². The first-order valence-electron chi connectivity index (χ1n) is 6.58. The second-order valence-electron chi connectivity index (χ2n) is 4.62.